The van der Waals surface area contributed by atoms with Crippen LogP contribution in [0.4, 0.5) is 14.6 Å². The highest BCUT2D eigenvalue weighted by Gasteiger charge is 2.38. The van der Waals surface area contributed by atoms with Crippen molar-refractivity contribution in [2.24, 2.45) is 5.92 Å². The van der Waals surface area contributed by atoms with E-state index >= 15 is 4.39 Å². The summed E-state index contributed by atoms with van der Waals surface area (Å²) >= 11 is 0. The second-order valence-electron chi connectivity index (χ2n) is 7.78. The molecule has 5 heterocycles. The first-order chi connectivity index (χ1) is 15.6. The lowest BCUT2D eigenvalue weighted by Gasteiger charge is -2.37. The average Bonchev–Trinajstić information content (AvgIpc) is 3.05. The summed E-state index contributed by atoms with van der Waals surface area (Å²) in [7, 11) is 0. The number of ether oxygens (including phenoxy) is 1. The molecule has 0 spiro atoms. The van der Waals surface area contributed by atoms with E-state index in [0.717, 1.165) is 6.20 Å². The van der Waals surface area contributed by atoms with E-state index in [4.69, 9.17) is 4.74 Å². The molecule has 0 N–H and O–H groups in total. The standard InChI is InChI=1S/C21H19F2N7O2/c22-16-10-27-30-18(1-3-26-20(16)30)28-4-2-15(17(23)12-28)21(31)29-5-6-32-19-13(7-24)8-25-9-14(19)11-29/h1,3,8-10,15,17H,2,4-6,11-12H2. The molecule has 1 fully saturated rings. The molecule has 2 aliphatic heterocycles. The summed E-state index contributed by atoms with van der Waals surface area (Å²) < 4.78 is 36.0. The zero-order valence-corrected chi connectivity index (χ0v) is 17.0. The van der Waals surface area contributed by atoms with Gasteiger partial charge in [0.25, 0.3) is 0 Å². The van der Waals surface area contributed by atoms with Crippen molar-refractivity contribution in [3.63, 3.8) is 0 Å². The van der Waals surface area contributed by atoms with Crippen molar-refractivity contribution < 1.29 is 18.3 Å². The maximum atomic E-state index is 15.2. The number of nitriles is 1. The number of pyridine rings is 1. The maximum absolute atomic E-state index is 15.2. The lowest BCUT2D eigenvalue weighted by molar-refractivity contribution is -0.139. The number of hydrogen-bond acceptors (Lipinski definition) is 7. The maximum Gasteiger partial charge on any atom is 0.229 e. The van der Waals surface area contributed by atoms with Gasteiger partial charge in [-0.1, -0.05) is 0 Å². The summed E-state index contributed by atoms with van der Waals surface area (Å²) in [6.07, 6.45) is 4.40. The molecule has 32 heavy (non-hydrogen) atoms. The number of halogens is 2. The SMILES string of the molecule is N#Cc1cncc2c1OCCN(C(=O)C1CCN(c3ccnc4c(F)cnn34)CC1F)C2. The van der Waals surface area contributed by atoms with Crippen LogP contribution in [0.2, 0.25) is 0 Å². The van der Waals surface area contributed by atoms with Crippen LogP contribution in [0.25, 0.3) is 5.65 Å². The molecule has 0 aliphatic carbocycles. The average molecular weight is 439 g/mol. The van der Waals surface area contributed by atoms with E-state index in [9.17, 15) is 14.4 Å². The Kier molecular flexibility index (Phi) is 5.05. The molecular formula is C21H19F2N7O2. The third kappa shape index (κ3) is 3.37. The van der Waals surface area contributed by atoms with Crippen molar-refractivity contribution in [2.75, 3.05) is 31.1 Å². The first kappa shape index (κ1) is 20.1. The molecule has 2 atom stereocenters. The number of aromatic nitrogens is 4. The number of nitrogens with zero attached hydrogens (tertiary/aromatic N) is 7. The first-order valence-corrected chi connectivity index (χ1v) is 10.2. The largest absolute Gasteiger partial charge is 0.490 e. The van der Waals surface area contributed by atoms with Gasteiger partial charge in [-0.3, -0.25) is 9.78 Å². The van der Waals surface area contributed by atoms with Gasteiger partial charge in [0.1, 0.15) is 36.0 Å². The number of fused-ring (bicyclic) bond motifs is 2. The fraction of sp³-hybridized carbons (Fsp3) is 0.381. The number of carbonyl (C=O) groups is 1. The van der Waals surface area contributed by atoms with Gasteiger partial charge in [0.15, 0.2) is 11.5 Å². The highest BCUT2D eigenvalue weighted by Crippen LogP contribution is 2.30. The van der Waals surface area contributed by atoms with Crippen LogP contribution in [0.3, 0.4) is 0 Å². The Morgan fingerprint density at radius 1 is 1.28 bits per heavy atom. The highest BCUT2D eigenvalue weighted by atomic mass is 19.1. The predicted molar refractivity (Wildman–Crippen MR) is 108 cm³/mol. The van der Waals surface area contributed by atoms with Crippen LogP contribution in [-0.2, 0) is 11.3 Å². The smallest absolute Gasteiger partial charge is 0.229 e. The molecule has 0 aromatic carbocycles. The van der Waals surface area contributed by atoms with Crippen LogP contribution in [0.15, 0.2) is 30.9 Å². The molecule has 0 radical (unpaired) electrons. The summed E-state index contributed by atoms with van der Waals surface area (Å²) in [5, 5.41) is 13.2. The van der Waals surface area contributed by atoms with Crippen LogP contribution in [0.1, 0.15) is 17.5 Å². The molecule has 1 amide bonds. The minimum Gasteiger partial charge on any atom is -0.490 e. The number of alkyl halides is 1. The minimum absolute atomic E-state index is 0.0158. The zero-order chi connectivity index (χ0) is 22.2. The van der Waals surface area contributed by atoms with E-state index in [1.54, 1.807) is 22.1 Å². The molecule has 164 valence electrons. The van der Waals surface area contributed by atoms with Crippen molar-refractivity contribution in [2.45, 2.75) is 19.1 Å². The lowest BCUT2D eigenvalue weighted by Crippen LogP contribution is -2.49. The van der Waals surface area contributed by atoms with Crippen LogP contribution < -0.4 is 9.64 Å². The number of amides is 1. The number of rotatable bonds is 2. The summed E-state index contributed by atoms with van der Waals surface area (Å²) in [5.41, 5.74) is 1.01. The second-order valence-corrected chi connectivity index (χ2v) is 7.78. The normalized spacial score (nSPS) is 20.9. The van der Waals surface area contributed by atoms with Crippen molar-refractivity contribution in [3.8, 4) is 11.8 Å². The van der Waals surface area contributed by atoms with E-state index in [-0.39, 0.29) is 31.3 Å². The molecule has 11 heteroatoms. The molecule has 5 rings (SSSR count). The molecular weight excluding hydrogens is 420 g/mol. The zero-order valence-electron chi connectivity index (χ0n) is 17.0. The molecule has 2 aliphatic rings. The third-order valence-electron chi connectivity index (χ3n) is 5.89. The van der Waals surface area contributed by atoms with Gasteiger partial charge >= 0.3 is 0 Å². The number of hydrogen-bond donors (Lipinski definition) is 0. The summed E-state index contributed by atoms with van der Waals surface area (Å²) in [5.74, 6) is -0.684. The van der Waals surface area contributed by atoms with E-state index < -0.39 is 17.9 Å². The number of anilines is 1. The second kappa shape index (κ2) is 8.03. The summed E-state index contributed by atoms with van der Waals surface area (Å²) in [6.45, 7) is 1.12. The summed E-state index contributed by atoms with van der Waals surface area (Å²) in [4.78, 5) is 24.5. The molecule has 3 aromatic rings. The van der Waals surface area contributed by atoms with Crippen molar-refractivity contribution in [1.29, 1.82) is 5.26 Å². The first-order valence-electron chi connectivity index (χ1n) is 10.2. The topological polar surface area (TPSA) is 99.6 Å². The number of carbonyl (C=O) groups excluding carboxylic acids is 1. The van der Waals surface area contributed by atoms with Crippen LogP contribution in [0.5, 0.6) is 5.75 Å². The molecule has 2 unspecified atom stereocenters. The molecule has 0 bridgehead atoms. The molecule has 9 nitrogen and oxygen atoms in total. The monoisotopic (exact) mass is 439 g/mol. The van der Waals surface area contributed by atoms with Gasteiger partial charge in [0, 0.05) is 30.7 Å². The van der Waals surface area contributed by atoms with Crippen molar-refractivity contribution >= 4 is 17.4 Å². The van der Waals surface area contributed by atoms with Gasteiger partial charge in [-0.2, -0.15) is 14.9 Å². The quantitative estimate of drug-likeness (QED) is 0.599. The van der Waals surface area contributed by atoms with Gasteiger partial charge < -0.3 is 14.5 Å². The Morgan fingerprint density at radius 2 is 2.16 bits per heavy atom. The van der Waals surface area contributed by atoms with Gasteiger partial charge in [0.05, 0.1) is 31.7 Å². The Morgan fingerprint density at radius 3 is 2.97 bits per heavy atom. The van der Waals surface area contributed by atoms with E-state index in [0.29, 0.717) is 42.2 Å². The van der Waals surface area contributed by atoms with E-state index in [2.05, 4.69) is 15.1 Å². The predicted octanol–water partition coefficient (Wildman–Crippen LogP) is 1.72. The molecule has 3 aromatic heterocycles. The fourth-order valence-corrected chi connectivity index (χ4v) is 4.30. The van der Waals surface area contributed by atoms with Gasteiger partial charge in [0.2, 0.25) is 5.91 Å². The van der Waals surface area contributed by atoms with Gasteiger partial charge in [-0.05, 0) is 12.5 Å². The minimum atomic E-state index is -1.41. The van der Waals surface area contributed by atoms with Gasteiger partial charge in [-0.25, -0.2) is 13.8 Å². The Balaban J connectivity index is 1.32. The Labute approximate surface area is 181 Å². The van der Waals surface area contributed by atoms with E-state index in [1.165, 1.54) is 16.9 Å². The molecule has 1 saturated heterocycles. The Hall–Kier alpha value is -3.81. The number of piperidine rings is 1. The van der Waals surface area contributed by atoms with E-state index in [1.807, 2.05) is 6.07 Å². The van der Waals surface area contributed by atoms with Gasteiger partial charge in [-0.15, -0.1) is 0 Å². The Bertz CT molecular complexity index is 1220. The lowest BCUT2D eigenvalue weighted by atomic mass is 9.93. The van der Waals surface area contributed by atoms with Crippen LogP contribution in [0, 0.1) is 23.1 Å². The van der Waals surface area contributed by atoms with Crippen molar-refractivity contribution in [3.05, 3.63) is 47.8 Å². The fourth-order valence-electron chi connectivity index (χ4n) is 4.30. The van der Waals surface area contributed by atoms with Crippen molar-refractivity contribution in [1.82, 2.24) is 24.5 Å². The molecule has 0 saturated carbocycles. The summed E-state index contributed by atoms with van der Waals surface area (Å²) in [6, 6.07) is 3.69. The third-order valence-corrected chi connectivity index (χ3v) is 5.89. The van der Waals surface area contributed by atoms with Crippen LogP contribution in [-0.4, -0.2) is 62.8 Å². The highest BCUT2D eigenvalue weighted by molar-refractivity contribution is 5.80. The van der Waals surface area contributed by atoms with Crippen LogP contribution >= 0.6 is 0 Å².